The number of hydrogen-bond donors (Lipinski definition) is 1. The van der Waals surface area contributed by atoms with Crippen LogP contribution in [0.2, 0.25) is 0 Å². The molecular formula is C22H26O7. The Morgan fingerprint density at radius 1 is 1.00 bits per heavy atom. The van der Waals surface area contributed by atoms with Crippen LogP contribution in [-0.4, -0.2) is 46.0 Å². The van der Waals surface area contributed by atoms with Crippen molar-refractivity contribution in [2.75, 3.05) is 34.9 Å². The van der Waals surface area contributed by atoms with Gasteiger partial charge in [-0.15, -0.1) is 0 Å². The number of phenolic OH excluding ortho intramolecular Hbond substituents is 1. The number of benzene rings is 2. The van der Waals surface area contributed by atoms with Gasteiger partial charge in [0.2, 0.25) is 5.75 Å². The number of carbonyl (C=O) groups excluding carboxylic acids is 1. The normalized spacial score (nSPS) is 22.2. The Morgan fingerprint density at radius 2 is 1.69 bits per heavy atom. The van der Waals surface area contributed by atoms with Crippen LogP contribution in [0.4, 0.5) is 0 Å². The molecule has 1 aliphatic heterocycles. The molecule has 0 saturated carbocycles. The van der Waals surface area contributed by atoms with Gasteiger partial charge in [0.15, 0.2) is 23.0 Å². The number of cyclic esters (lactones) is 1. The van der Waals surface area contributed by atoms with Crippen LogP contribution in [0.15, 0.2) is 30.3 Å². The molecule has 2 unspecified atom stereocenters. The lowest BCUT2D eigenvalue weighted by Crippen LogP contribution is -2.20. The van der Waals surface area contributed by atoms with E-state index in [-0.39, 0.29) is 41.9 Å². The summed E-state index contributed by atoms with van der Waals surface area (Å²) in [6, 6.07) is 7.65. The van der Waals surface area contributed by atoms with Crippen LogP contribution in [0.1, 0.15) is 19.4 Å². The molecule has 2 aromatic rings. The fraction of sp³-hybridized carbons (Fsp3) is 0.409. The Bertz CT molecular complexity index is 1030. The van der Waals surface area contributed by atoms with Gasteiger partial charge in [0.1, 0.15) is 0 Å². The van der Waals surface area contributed by atoms with E-state index in [1.54, 1.807) is 12.1 Å². The summed E-state index contributed by atoms with van der Waals surface area (Å²) in [5.74, 6) is -1.66. The van der Waals surface area contributed by atoms with E-state index in [4.69, 9.17) is 31.9 Å². The molecule has 7 heteroatoms. The standard InChI is InChI=1S/C22H26O7/c1-25-18-9-13(5-6-17(18)23)7-15-12-29-22(24)16(15)8-14-10-19(26-2)21(28-4)20(11-14)27-3/h5-6,9-11,15-16,23H,7-8,12H2,1-4H3/i2D3,3D3. The molecule has 2 atom stereocenters. The average Bonchev–Trinajstić information content (AvgIpc) is 3.06. The summed E-state index contributed by atoms with van der Waals surface area (Å²) in [6.07, 6.45) is 0.553. The van der Waals surface area contributed by atoms with Crippen LogP contribution in [0.25, 0.3) is 0 Å². The highest BCUT2D eigenvalue weighted by molar-refractivity contribution is 5.75. The number of carbonyl (C=O) groups is 1. The van der Waals surface area contributed by atoms with E-state index >= 15 is 0 Å². The highest BCUT2D eigenvalue weighted by Gasteiger charge is 2.37. The third-order valence-corrected chi connectivity index (χ3v) is 5.01. The monoisotopic (exact) mass is 408 g/mol. The molecule has 0 radical (unpaired) electrons. The largest absolute Gasteiger partial charge is 0.504 e. The lowest BCUT2D eigenvalue weighted by atomic mass is 9.85. The van der Waals surface area contributed by atoms with Gasteiger partial charge in [0.25, 0.3) is 0 Å². The first-order valence-electron chi connectivity index (χ1n) is 11.9. The zero-order valence-electron chi connectivity index (χ0n) is 22.1. The van der Waals surface area contributed by atoms with Crippen LogP contribution < -0.4 is 18.9 Å². The third kappa shape index (κ3) is 4.34. The highest BCUT2D eigenvalue weighted by Crippen LogP contribution is 2.40. The second-order valence-electron chi connectivity index (χ2n) is 6.74. The SMILES string of the molecule is [2H]C([2H])([2H])Oc1cc(CC2C(=O)OCC2Cc2ccc(O)c(OC)c2)cc(OC([2H])([2H])[2H])c1OC. The van der Waals surface area contributed by atoms with Crippen LogP contribution >= 0.6 is 0 Å². The summed E-state index contributed by atoms with van der Waals surface area (Å²) < 4.78 is 70.2. The number of aromatic hydroxyl groups is 1. The van der Waals surface area contributed by atoms with Crippen molar-refractivity contribution in [1.29, 1.82) is 0 Å². The molecule has 1 fully saturated rings. The van der Waals surface area contributed by atoms with Crippen molar-refractivity contribution in [1.82, 2.24) is 0 Å². The summed E-state index contributed by atoms with van der Waals surface area (Å²) >= 11 is 0. The number of ether oxygens (including phenoxy) is 5. The minimum atomic E-state index is -2.84. The minimum Gasteiger partial charge on any atom is -0.504 e. The van der Waals surface area contributed by atoms with Crippen LogP contribution in [0.5, 0.6) is 28.7 Å². The van der Waals surface area contributed by atoms with Crippen LogP contribution in [0.3, 0.4) is 0 Å². The predicted molar refractivity (Wildman–Crippen MR) is 106 cm³/mol. The number of esters is 1. The van der Waals surface area contributed by atoms with Crippen molar-refractivity contribution >= 4 is 5.97 Å². The van der Waals surface area contributed by atoms with Crippen LogP contribution in [0, 0.1) is 11.8 Å². The first-order valence-corrected chi connectivity index (χ1v) is 8.91. The lowest BCUT2D eigenvalue weighted by molar-refractivity contribution is -0.141. The van der Waals surface area contributed by atoms with Gasteiger partial charge in [-0.05, 0) is 48.2 Å². The van der Waals surface area contributed by atoms with Crippen molar-refractivity contribution in [3.8, 4) is 28.7 Å². The molecule has 1 saturated heterocycles. The van der Waals surface area contributed by atoms with Gasteiger partial charge in [-0.25, -0.2) is 0 Å². The molecule has 7 nitrogen and oxygen atoms in total. The minimum absolute atomic E-state index is 0.00615. The Hall–Kier alpha value is -3.09. The fourth-order valence-corrected chi connectivity index (χ4v) is 3.56. The highest BCUT2D eigenvalue weighted by atomic mass is 16.5. The van der Waals surface area contributed by atoms with Crippen molar-refractivity contribution in [2.24, 2.45) is 11.8 Å². The molecule has 0 aliphatic carbocycles. The first-order chi connectivity index (χ1) is 16.3. The molecule has 0 amide bonds. The molecular weight excluding hydrogens is 376 g/mol. The van der Waals surface area contributed by atoms with E-state index < -0.39 is 26.0 Å². The first kappa shape index (κ1) is 14.0. The van der Waals surface area contributed by atoms with E-state index in [0.29, 0.717) is 17.7 Å². The number of rotatable bonds is 8. The van der Waals surface area contributed by atoms with E-state index in [9.17, 15) is 9.90 Å². The summed E-state index contributed by atoms with van der Waals surface area (Å²) in [5.41, 5.74) is 1.22. The van der Waals surface area contributed by atoms with Gasteiger partial charge in [-0.2, -0.15) is 0 Å². The maximum atomic E-state index is 12.6. The van der Waals surface area contributed by atoms with Gasteiger partial charge < -0.3 is 28.8 Å². The fourth-order valence-electron chi connectivity index (χ4n) is 3.56. The van der Waals surface area contributed by atoms with E-state index in [0.717, 1.165) is 5.56 Å². The Labute approximate surface area is 178 Å². The second kappa shape index (κ2) is 8.94. The zero-order chi connectivity index (χ0) is 26.0. The summed E-state index contributed by atoms with van der Waals surface area (Å²) in [4.78, 5) is 12.6. The Morgan fingerprint density at radius 3 is 2.31 bits per heavy atom. The summed E-state index contributed by atoms with van der Waals surface area (Å²) in [6.45, 7) is 0.167. The van der Waals surface area contributed by atoms with E-state index in [1.807, 2.05) is 0 Å². The summed E-state index contributed by atoms with van der Waals surface area (Å²) in [7, 11) is -3.01. The number of methoxy groups -OCH3 is 4. The molecule has 1 aliphatic rings. The van der Waals surface area contributed by atoms with Gasteiger partial charge in [0.05, 0.1) is 49.0 Å². The molecule has 1 heterocycles. The maximum Gasteiger partial charge on any atom is 0.309 e. The smallest absolute Gasteiger partial charge is 0.309 e. The molecule has 2 aromatic carbocycles. The topological polar surface area (TPSA) is 83.5 Å². The number of phenols is 1. The number of hydrogen-bond acceptors (Lipinski definition) is 7. The third-order valence-electron chi connectivity index (χ3n) is 5.01. The van der Waals surface area contributed by atoms with Crippen LogP contribution in [-0.2, 0) is 22.4 Å². The zero-order valence-corrected chi connectivity index (χ0v) is 16.1. The van der Waals surface area contributed by atoms with Gasteiger partial charge >= 0.3 is 5.97 Å². The lowest BCUT2D eigenvalue weighted by Gasteiger charge is -2.18. The van der Waals surface area contributed by atoms with Crippen molar-refractivity contribution < 1.29 is 41.8 Å². The van der Waals surface area contributed by atoms with Gasteiger partial charge in [-0.1, -0.05) is 6.07 Å². The molecule has 1 N–H and O–H groups in total. The van der Waals surface area contributed by atoms with Crippen molar-refractivity contribution in [3.63, 3.8) is 0 Å². The predicted octanol–water partition coefficient (Wildman–Crippen LogP) is 3.00. The molecule has 156 valence electrons. The Kier molecular flexibility index (Phi) is 4.31. The van der Waals surface area contributed by atoms with Crippen molar-refractivity contribution in [3.05, 3.63) is 41.5 Å². The molecule has 0 aromatic heterocycles. The molecule has 29 heavy (non-hydrogen) atoms. The maximum absolute atomic E-state index is 12.6. The molecule has 0 spiro atoms. The van der Waals surface area contributed by atoms with Gasteiger partial charge in [-0.3, -0.25) is 4.79 Å². The summed E-state index contributed by atoms with van der Waals surface area (Å²) in [5, 5.41) is 9.82. The van der Waals surface area contributed by atoms with Crippen molar-refractivity contribution in [2.45, 2.75) is 12.8 Å². The average molecular weight is 408 g/mol. The second-order valence-corrected chi connectivity index (χ2v) is 6.74. The van der Waals surface area contributed by atoms with E-state index in [2.05, 4.69) is 0 Å². The van der Waals surface area contributed by atoms with E-state index in [1.165, 1.54) is 32.4 Å². The quantitative estimate of drug-likeness (QED) is 0.672. The molecule has 0 bridgehead atoms. The Balaban J connectivity index is 1.93. The van der Waals surface area contributed by atoms with Gasteiger partial charge in [0, 0.05) is 5.92 Å². The molecule has 3 rings (SSSR count).